The van der Waals surface area contributed by atoms with Crippen molar-refractivity contribution in [2.45, 2.75) is 32.6 Å². The highest BCUT2D eigenvalue weighted by Gasteiger charge is 2.13. The molecule has 0 saturated carbocycles. The maximum atomic E-state index is 5.78. The molecule has 2 N–H and O–H groups in total. The summed E-state index contributed by atoms with van der Waals surface area (Å²) in [6, 6.07) is 2.07. The van der Waals surface area contributed by atoms with E-state index >= 15 is 0 Å². The number of hydrogen-bond donors (Lipinski definition) is 2. The monoisotopic (exact) mass is 348 g/mol. The zero-order valence-electron chi connectivity index (χ0n) is 15.6. The second-order valence-corrected chi connectivity index (χ2v) is 6.46. The van der Waals surface area contributed by atoms with Gasteiger partial charge in [-0.05, 0) is 55.7 Å². The second-order valence-electron chi connectivity index (χ2n) is 6.46. The minimum Gasteiger partial charge on any atom is -0.381 e. The van der Waals surface area contributed by atoms with Crippen LogP contribution in [0.1, 0.15) is 30.4 Å². The van der Waals surface area contributed by atoms with Crippen LogP contribution in [0.5, 0.6) is 0 Å². The van der Waals surface area contributed by atoms with Crippen LogP contribution >= 0.6 is 0 Å². The first kappa shape index (κ1) is 19.7. The minimum atomic E-state index is 0.674. The van der Waals surface area contributed by atoms with Crippen molar-refractivity contribution in [2.75, 3.05) is 46.6 Å². The van der Waals surface area contributed by atoms with Gasteiger partial charge in [0.1, 0.15) is 0 Å². The van der Waals surface area contributed by atoms with Gasteiger partial charge >= 0.3 is 0 Å². The molecule has 1 fully saturated rings. The average Bonchev–Trinajstić information content (AvgIpc) is 2.65. The zero-order chi connectivity index (χ0) is 17.7. The molecule has 1 aromatic rings. The summed E-state index contributed by atoms with van der Waals surface area (Å²) in [5.41, 5.74) is 2.55. The summed E-state index contributed by atoms with van der Waals surface area (Å²) in [5.74, 6) is 1.52. The number of aryl methyl sites for hydroxylation is 1. The highest BCUT2D eigenvalue weighted by atomic mass is 16.5. The first-order valence-electron chi connectivity index (χ1n) is 9.29. The quantitative estimate of drug-likeness (QED) is 0.405. The van der Waals surface area contributed by atoms with Crippen LogP contribution in [-0.2, 0) is 15.9 Å². The second kappa shape index (κ2) is 11.8. The molecule has 0 radical (unpaired) electrons. The minimum absolute atomic E-state index is 0.674. The number of guanidine groups is 1. The number of hydrogen-bond acceptors (Lipinski definition) is 4. The molecule has 1 aliphatic heterocycles. The van der Waals surface area contributed by atoms with Gasteiger partial charge in [0.25, 0.3) is 0 Å². The molecule has 0 amide bonds. The van der Waals surface area contributed by atoms with Crippen molar-refractivity contribution in [3.05, 3.63) is 29.6 Å². The zero-order valence-corrected chi connectivity index (χ0v) is 15.6. The summed E-state index contributed by atoms with van der Waals surface area (Å²) in [5, 5.41) is 6.69. The third-order valence-corrected chi connectivity index (χ3v) is 4.50. The Labute approximate surface area is 151 Å². The van der Waals surface area contributed by atoms with E-state index in [1.165, 1.54) is 11.1 Å². The lowest BCUT2D eigenvalue weighted by Crippen LogP contribution is -2.39. The standard InChI is InChI=1S/C19H32N4O2/c1-16-14-21-9-4-18(16)5-10-23-19(20-2)22-8-3-11-25-15-17-6-12-24-13-7-17/h4,9,14,17H,3,5-8,10-13,15H2,1-2H3,(H2,20,22,23). The number of ether oxygens (including phenoxy) is 2. The molecule has 140 valence electrons. The van der Waals surface area contributed by atoms with Crippen LogP contribution in [0, 0.1) is 12.8 Å². The van der Waals surface area contributed by atoms with Gasteiger partial charge in [0.05, 0.1) is 0 Å². The Morgan fingerprint density at radius 3 is 2.88 bits per heavy atom. The molecule has 1 aromatic heterocycles. The Morgan fingerprint density at radius 1 is 1.32 bits per heavy atom. The molecule has 6 nitrogen and oxygen atoms in total. The Morgan fingerprint density at radius 2 is 2.12 bits per heavy atom. The smallest absolute Gasteiger partial charge is 0.190 e. The van der Waals surface area contributed by atoms with Crippen molar-refractivity contribution in [3.63, 3.8) is 0 Å². The number of nitrogens with zero attached hydrogens (tertiary/aromatic N) is 2. The third-order valence-electron chi connectivity index (χ3n) is 4.50. The summed E-state index contributed by atoms with van der Waals surface area (Å²) in [7, 11) is 1.80. The van der Waals surface area contributed by atoms with E-state index in [2.05, 4.69) is 33.6 Å². The average molecular weight is 348 g/mol. The molecule has 0 aromatic carbocycles. The predicted octanol–water partition coefficient (Wildman–Crippen LogP) is 1.93. The van der Waals surface area contributed by atoms with Crippen LogP contribution in [0.4, 0.5) is 0 Å². The van der Waals surface area contributed by atoms with Crippen LogP contribution in [-0.4, -0.2) is 57.5 Å². The maximum absolute atomic E-state index is 5.78. The van der Waals surface area contributed by atoms with E-state index in [4.69, 9.17) is 9.47 Å². The first-order chi connectivity index (χ1) is 12.3. The SMILES string of the molecule is CN=C(NCCCOCC1CCOCC1)NCCc1ccncc1C. The lowest BCUT2D eigenvalue weighted by molar-refractivity contribution is 0.0203. The summed E-state index contributed by atoms with van der Waals surface area (Å²) in [6.07, 6.45) is 7.95. The molecule has 2 rings (SSSR count). The summed E-state index contributed by atoms with van der Waals surface area (Å²) < 4.78 is 11.1. The molecule has 1 aliphatic rings. The molecule has 0 bridgehead atoms. The van der Waals surface area contributed by atoms with Gasteiger partial charge in [-0.15, -0.1) is 0 Å². The fourth-order valence-corrected chi connectivity index (χ4v) is 2.86. The molecule has 1 saturated heterocycles. The molecular weight excluding hydrogens is 316 g/mol. The lowest BCUT2D eigenvalue weighted by Gasteiger charge is -2.21. The van der Waals surface area contributed by atoms with Crippen molar-refractivity contribution >= 4 is 5.96 Å². The maximum Gasteiger partial charge on any atom is 0.190 e. The number of pyridine rings is 1. The molecule has 6 heteroatoms. The topological polar surface area (TPSA) is 67.8 Å². The van der Waals surface area contributed by atoms with Gasteiger partial charge in [-0.1, -0.05) is 0 Å². The predicted molar refractivity (Wildman–Crippen MR) is 101 cm³/mol. The molecule has 0 unspecified atom stereocenters. The van der Waals surface area contributed by atoms with E-state index in [0.717, 1.165) is 71.2 Å². The molecule has 0 spiro atoms. The fourth-order valence-electron chi connectivity index (χ4n) is 2.86. The van der Waals surface area contributed by atoms with E-state index in [9.17, 15) is 0 Å². The number of aliphatic imine (C=N–C) groups is 1. The molecular formula is C19H32N4O2. The Kier molecular flexibility index (Phi) is 9.29. The van der Waals surface area contributed by atoms with Gasteiger partial charge in [0.15, 0.2) is 5.96 Å². The molecule has 0 atom stereocenters. The molecule has 0 aliphatic carbocycles. The van der Waals surface area contributed by atoms with Gasteiger partial charge in [-0.25, -0.2) is 0 Å². The highest BCUT2D eigenvalue weighted by molar-refractivity contribution is 5.79. The Bertz CT molecular complexity index is 516. The van der Waals surface area contributed by atoms with Crippen molar-refractivity contribution in [2.24, 2.45) is 10.9 Å². The largest absolute Gasteiger partial charge is 0.381 e. The van der Waals surface area contributed by atoms with Gasteiger partial charge in [0.2, 0.25) is 0 Å². The Balaban J connectivity index is 1.51. The van der Waals surface area contributed by atoms with Crippen LogP contribution in [0.15, 0.2) is 23.5 Å². The van der Waals surface area contributed by atoms with E-state index < -0.39 is 0 Å². The van der Waals surface area contributed by atoms with Gasteiger partial charge in [-0.2, -0.15) is 0 Å². The number of rotatable bonds is 9. The first-order valence-corrected chi connectivity index (χ1v) is 9.29. The Hall–Kier alpha value is -1.66. The van der Waals surface area contributed by atoms with Crippen molar-refractivity contribution in [1.29, 1.82) is 0 Å². The third kappa shape index (κ3) is 7.84. The lowest BCUT2D eigenvalue weighted by atomic mass is 10.0. The van der Waals surface area contributed by atoms with Crippen molar-refractivity contribution in [1.82, 2.24) is 15.6 Å². The number of nitrogens with one attached hydrogen (secondary N) is 2. The van der Waals surface area contributed by atoms with Crippen LogP contribution in [0.25, 0.3) is 0 Å². The van der Waals surface area contributed by atoms with E-state index in [0.29, 0.717) is 5.92 Å². The van der Waals surface area contributed by atoms with E-state index in [1.807, 2.05) is 12.4 Å². The van der Waals surface area contributed by atoms with Crippen LogP contribution in [0.2, 0.25) is 0 Å². The van der Waals surface area contributed by atoms with E-state index in [-0.39, 0.29) is 0 Å². The van der Waals surface area contributed by atoms with E-state index in [1.54, 1.807) is 7.05 Å². The summed E-state index contributed by atoms with van der Waals surface area (Å²) in [6.45, 7) is 7.23. The summed E-state index contributed by atoms with van der Waals surface area (Å²) >= 11 is 0. The molecule has 25 heavy (non-hydrogen) atoms. The number of aromatic nitrogens is 1. The fraction of sp³-hybridized carbons (Fsp3) is 0.684. The van der Waals surface area contributed by atoms with Gasteiger partial charge in [-0.3, -0.25) is 9.98 Å². The molecule has 2 heterocycles. The highest BCUT2D eigenvalue weighted by Crippen LogP contribution is 2.14. The van der Waals surface area contributed by atoms with Gasteiger partial charge in [0, 0.05) is 59.0 Å². The van der Waals surface area contributed by atoms with Crippen molar-refractivity contribution in [3.8, 4) is 0 Å². The van der Waals surface area contributed by atoms with Crippen molar-refractivity contribution < 1.29 is 9.47 Å². The van der Waals surface area contributed by atoms with Crippen LogP contribution in [0.3, 0.4) is 0 Å². The summed E-state index contributed by atoms with van der Waals surface area (Å²) in [4.78, 5) is 8.38. The normalized spacial score (nSPS) is 16.0. The van der Waals surface area contributed by atoms with Gasteiger partial charge < -0.3 is 20.1 Å². The van der Waals surface area contributed by atoms with Crippen LogP contribution < -0.4 is 10.6 Å².